The molecule has 7 nitrogen and oxygen atoms in total. The number of aromatic amines is 1. The van der Waals surface area contributed by atoms with Crippen molar-refractivity contribution in [3.8, 4) is 6.19 Å². The summed E-state index contributed by atoms with van der Waals surface area (Å²) in [5, 5.41) is 11.8. The van der Waals surface area contributed by atoms with Gasteiger partial charge >= 0.3 is 0 Å². The number of hydrogen-bond donors (Lipinski definition) is 2. The van der Waals surface area contributed by atoms with Crippen molar-refractivity contribution in [3.63, 3.8) is 0 Å². The molecule has 2 aromatic heterocycles. The first kappa shape index (κ1) is 19.1. The predicted molar refractivity (Wildman–Crippen MR) is 103 cm³/mol. The normalized spacial score (nSPS) is 12.6. The first-order valence-corrected chi connectivity index (χ1v) is 10.6. The van der Waals surface area contributed by atoms with Gasteiger partial charge in [-0.1, -0.05) is 24.3 Å². The molecule has 0 radical (unpaired) electrons. The molecule has 1 amide bonds. The van der Waals surface area contributed by atoms with Gasteiger partial charge in [0.2, 0.25) is 0 Å². The fraction of sp³-hybridized carbons (Fsp3) is 0.222. The van der Waals surface area contributed by atoms with Crippen LogP contribution in [0.1, 0.15) is 12.5 Å². The van der Waals surface area contributed by atoms with E-state index in [4.69, 9.17) is 0 Å². The number of para-hydroxylation sites is 1. The van der Waals surface area contributed by atoms with Gasteiger partial charge in [-0.15, -0.1) is 11.3 Å². The molecule has 1 unspecified atom stereocenters. The van der Waals surface area contributed by atoms with Crippen LogP contribution in [-0.4, -0.2) is 36.8 Å². The molecule has 0 aliphatic carbocycles. The Morgan fingerprint density at radius 2 is 2.11 bits per heavy atom. The Labute approximate surface area is 161 Å². The van der Waals surface area contributed by atoms with Crippen LogP contribution >= 0.6 is 11.3 Å². The van der Waals surface area contributed by atoms with Gasteiger partial charge in [0.25, 0.3) is 15.9 Å². The van der Waals surface area contributed by atoms with Gasteiger partial charge in [0.05, 0.1) is 0 Å². The molecule has 140 valence electrons. The van der Waals surface area contributed by atoms with Crippen LogP contribution < -0.4 is 4.72 Å². The van der Waals surface area contributed by atoms with E-state index in [1.54, 1.807) is 24.6 Å². The smallest absolute Gasteiger partial charge is 0.254 e. The highest BCUT2D eigenvalue weighted by molar-refractivity contribution is 7.91. The first-order chi connectivity index (χ1) is 13.0. The number of thiophene rings is 1. The summed E-state index contributed by atoms with van der Waals surface area (Å²) in [5.74, 6) is -0.578. The molecule has 0 saturated heterocycles. The molecule has 27 heavy (non-hydrogen) atoms. The number of amides is 1. The predicted octanol–water partition coefficient (Wildman–Crippen LogP) is 2.45. The van der Waals surface area contributed by atoms with Gasteiger partial charge < -0.3 is 4.98 Å². The molecule has 3 rings (SSSR count). The van der Waals surface area contributed by atoms with Crippen LogP contribution in [0.3, 0.4) is 0 Å². The fourth-order valence-electron chi connectivity index (χ4n) is 2.83. The lowest BCUT2D eigenvalue weighted by molar-refractivity contribution is -0.129. The van der Waals surface area contributed by atoms with Crippen molar-refractivity contribution in [1.29, 1.82) is 5.26 Å². The molecule has 0 fully saturated rings. The Kier molecular flexibility index (Phi) is 5.60. The molecule has 2 N–H and O–H groups in total. The summed E-state index contributed by atoms with van der Waals surface area (Å²) < 4.78 is 27.9. The minimum absolute atomic E-state index is 0.124. The minimum Gasteiger partial charge on any atom is -0.361 e. The topological polar surface area (TPSA) is 106 Å². The van der Waals surface area contributed by atoms with Gasteiger partial charge in [-0.3, -0.25) is 4.79 Å². The van der Waals surface area contributed by atoms with Gasteiger partial charge in [0.15, 0.2) is 6.19 Å². The number of carbonyl (C=O) groups excluding carboxylic acids is 1. The second-order valence-corrected chi connectivity index (χ2v) is 8.74. The number of H-pyrrole nitrogens is 1. The Morgan fingerprint density at radius 3 is 2.78 bits per heavy atom. The van der Waals surface area contributed by atoms with E-state index in [0.717, 1.165) is 32.7 Å². The maximum atomic E-state index is 12.8. The number of fused-ring (bicyclic) bond motifs is 1. The summed E-state index contributed by atoms with van der Waals surface area (Å²) in [5.41, 5.74) is 1.69. The van der Waals surface area contributed by atoms with Crippen LogP contribution in [-0.2, 0) is 21.2 Å². The lowest BCUT2D eigenvalue weighted by Gasteiger charge is -2.21. The van der Waals surface area contributed by atoms with E-state index in [0.29, 0.717) is 0 Å². The number of likely N-dealkylation sites (N-methyl/N-ethyl adjacent to an activating group) is 1. The highest BCUT2D eigenvalue weighted by Crippen LogP contribution is 2.21. The van der Waals surface area contributed by atoms with Crippen molar-refractivity contribution in [2.45, 2.75) is 23.6 Å². The molecule has 0 spiro atoms. The zero-order valence-electron chi connectivity index (χ0n) is 14.5. The summed E-state index contributed by atoms with van der Waals surface area (Å²) in [7, 11) is -3.87. The fourth-order valence-corrected chi connectivity index (χ4v) is 5.02. The van der Waals surface area contributed by atoms with Gasteiger partial charge in [-0.05, 0) is 36.4 Å². The van der Waals surface area contributed by atoms with Crippen LogP contribution in [0.15, 0.2) is 52.2 Å². The van der Waals surface area contributed by atoms with Gasteiger partial charge in [-0.2, -0.15) is 9.98 Å². The van der Waals surface area contributed by atoms with E-state index >= 15 is 0 Å². The number of nitrogens with zero attached hydrogens (tertiary/aromatic N) is 2. The molecule has 1 atom stereocenters. The average Bonchev–Trinajstić information content (AvgIpc) is 3.33. The lowest BCUT2D eigenvalue weighted by Crippen LogP contribution is -2.48. The summed E-state index contributed by atoms with van der Waals surface area (Å²) in [6, 6.07) is 9.58. The third kappa shape index (κ3) is 4.03. The van der Waals surface area contributed by atoms with Crippen LogP contribution in [0.25, 0.3) is 10.9 Å². The number of aromatic nitrogens is 1. The molecule has 0 bridgehead atoms. The second kappa shape index (κ2) is 7.92. The van der Waals surface area contributed by atoms with Crippen LogP contribution in [0, 0.1) is 11.5 Å². The van der Waals surface area contributed by atoms with Crippen molar-refractivity contribution in [1.82, 2.24) is 14.6 Å². The average molecular weight is 403 g/mol. The maximum Gasteiger partial charge on any atom is 0.254 e. The Morgan fingerprint density at radius 1 is 1.33 bits per heavy atom. The van der Waals surface area contributed by atoms with Crippen molar-refractivity contribution in [2.24, 2.45) is 0 Å². The molecular formula is C18H18N4O3S2. The number of hydrogen-bond acceptors (Lipinski definition) is 5. The minimum atomic E-state index is -3.87. The number of nitriles is 1. The summed E-state index contributed by atoms with van der Waals surface area (Å²) in [6.07, 6.45) is 3.70. The van der Waals surface area contributed by atoms with Gasteiger partial charge in [0, 0.05) is 23.6 Å². The van der Waals surface area contributed by atoms with Crippen molar-refractivity contribution >= 4 is 38.2 Å². The maximum absolute atomic E-state index is 12.8. The highest BCUT2D eigenvalue weighted by Gasteiger charge is 2.30. The van der Waals surface area contributed by atoms with Crippen LogP contribution in [0.4, 0.5) is 0 Å². The summed E-state index contributed by atoms with van der Waals surface area (Å²) >= 11 is 1.07. The summed E-state index contributed by atoms with van der Waals surface area (Å²) in [6.45, 7) is 1.83. The highest BCUT2D eigenvalue weighted by atomic mass is 32.2. The van der Waals surface area contributed by atoms with Crippen molar-refractivity contribution in [3.05, 3.63) is 53.5 Å². The Bertz CT molecular complexity index is 1080. The first-order valence-electron chi connectivity index (χ1n) is 8.28. The third-order valence-electron chi connectivity index (χ3n) is 4.16. The zero-order valence-corrected chi connectivity index (χ0v) is 16.2. The number of sulfonamides is 1. The van der Waals surface area contributed by atoms with E-state index in [9.17, 15) is 18.5 Å². The lowest BCUT2D eigenvalue weighted by atomic mass is 10.0. The SMILES string of the molecule is CCN(C#N)C(=O)C(Cc1c[nH]c2ccccc12)NS(=O)(=O)c1cccs1. The van der Waals surface area contributed by atoms with E-state index in [1.165, 1.54) is 6.07 Å². The number of rotatable bonds is 7. The number of carbonyl (C=O) groups is 1. The molecule has 3 aromatic rings. The molecular weight excluding hydrogens is 384 g/mol. The van der Waals surface area contributed by atoms with E-state index in [-0.39, 0.29) is 17.2 Å². The van der Waals surface area contributed by atoms with Crippen LogP contribution in [0.2, 0.25) is 0 Å². The monoisotopic (exact) mass is 402 g/mol. The molecule has 9 heteroatoms. The summed E-state index contributed by atoms with van der Waals surface area (Å²) in [4.78, 5) is 16.9. The Balaban J connectivity index is 1.95. The van der Waals surface area contributed by atoms with E-state index in [1.807, 2.05) is 30.5 Å². The standard InChI is InChI=1S/C18H18N4O3S2/c1-2-22(12-19)18(23)16(21-27(24,25)17-8-5-9-26-17)10-13-11-20-15-7-4-3-6-14(13)15/h3-9,11,16,20-21H,2,10H2,1H3. The van der Waals surface area contributed by atoms with Crippen LogP contribution in [0.5, 0.6) is 0 Å². The molecule has 0 saturated carbocycles. The third-order valence-corrected chi connectivity index (χ3v) is 7.03. The molecule has 0 aliphatic heterocycles. The van der Waals surface area contributed by atoms with Gasteiger partial charge in [-0.25, -0.2) is 13.3 Å². The zero-order chi connectivity index (χ0) is 19.4. The number of benzene rings is 1. The Hall–Kier alpha value is -2.67. The van der Waals surface area contributed by atoms with Gasteiger partial charge in [0.1, 0.15) is 10.3 Å². The van der Waals surface area contributed by atoms with E-state index in [2.05, 4.69) is 9.71 Å². The van der Waals surface area contributed by atoms with Crippen molar-refractivity contribution in [2.75, 3.05) is 6.54 Å². The molecule has 2 heterocycles. The van der Waals surface area contributed by atoms with Crippen molar-refractivity contribution < 1.29 is 13.2 Å². The number of nitrogens with one attached hydrogen (secondary N) is 2. The molecule has 0 aliphatic rings. The largest absolute Gasteiger partial charge is 0.361 e. The molecule has 1 aromatic carbocycles. The van der Waals surface area contributed by atoms with E-state index < -0.39 is 22.0 Å². The second-order valence-electron chi connectivity index (χ2n) is 5.85. The quantitative estimate of drug-likeness (QED) is 0.468.